The molecule has 1 aliphatic rings. The van der Waals surface area contributed by atoms with Crippen LogP contribution in [0.3, 0.4) is 0 Å². The average Bonchev–Trinajstić information content (AvgIpc) is 3.29. The van der Waals surface area contributed by atoms with E-state index in [1.807, 2.05) is 50.9 Å². The molecule has 4 rings (SSSR count). The fourth-order valence-corrected chi connectivity index (χ4v) is 4.18. The van der Waals surface area contributed by atoms with Crippen molar-refractivity contribution in [2.45, 2.75) is 13.1 Å². The first-order valence-electron chi connectivity index (χ1n) is 8.95. The number of nitrogens with zero attached hydrogens (tertiary/aromatic N) is 2. The molecule has 3 heterocycles. The standard InChI is InChI=1S/C19H22N4O2S.BrH/c20-19-22(8-7-21-9-11-25-12-10-21)15-4-1-2-5-16(15)23(19)14-17(24)18-6-3-13-26-18;/h1-6,13,20H,7-12,14H2;1H. The molecule has 0 spiro atoms. The van der Waals surface area contributed by atoms with Gasteiger partial charge < -0.3 is 35.8 Å². The lowest BCUT2D eigenvalue weighted by Gasteiger charge is -2.23. The molecule has 1 aliphatic heterocycles. The second-order valence-corrected chi connectivity index (χ2v) is 7.51. The largest absolute Gasteiger partial charge is 1.00 e. The number of hydrogen-bond donors (Lipinski definition) is 2. The summed E-state index contributed by atoms with van der Waals surface area (Å²) < 4.78 is 9.28. The number of aromatic nitrogens is 2. The van der Waals surface area contributed by atoms with Gasteiger partial charge >= 0.3 is 0 Å². The minimum Gasteiger partial charge on any atom is -1.00 e. The van der Waals surface area contributed by atoms with Crippen LogP contribution < -0.4 is 27.5 Å². The molecule has 0 aliphatic carbocycles. The van der Waals surface area contributed by atoms with Crippen molar-refractivity contribution in [3.63, 3.8) is 0 Å². The maximum Gasteiger partial charge on any atom is 0.203 e. The lowest BCUT2D eigenvalue weighted by Crippen LogP contribution is -3.14. The van der Waals surface area contributed by atoms with Crippen molar-refractivity contribution in [2.75, 3.05) is 32.8 Å². The number of thiophene rings is 1. The molecule has 0 atom stereocenters. The van der Waals surface area contributed by atoms with Gasteiger partial charge in [0.25, 0.3) is 0 Å². The molecule has 1 fully saturated rings. The fourth-order valence-electron chi connectivity index (χ4n) is 3.52. The predicted octanol–water partition coefficient (Wildman–Crippen LogP) is -2.21. The first-order chi connectivity index (χ1) is 12.7. The average molecular weight is 451 g/mol. The number of carbonyl (C=O) groups excluding carboxylic acids is 1. The first kappa shape index (κ1) is 20.0. The molecule has 3 aromatic rings. The highest BCUT2D eigenvalue weighted by atomic mass is 79.9. The Hall–Kier alpha value is -1.74. The summed E-state index contributed by atoms with van der Waals surface area (Å²) in [7, 11) is 0. The Kier molecular flexibility index (Phi) is 6.64. The molecule has 27 heavy (non-hydrogen) atoms. The molecule has 0 saturated carbocycles. The van der Waals surface area contributed by atoms with E-state index < -0.39 is 0 Å². The summed E-state index contributed by atoms with van der Waals surface area (Å²) in [6.07, 6.45) is 0. The summed E-state index contributed by atoms with van der Waals surface area (Å²) in [6, 6.07) is 11.7. The number of ketones is 1. The number of carbonyl (C=O) groups is 1. The van der Waals surface area contributed by atoms with Gasteiger partial charge in [-0.3, -0.25) is 10.2 Å². The van der Waals surface area contributed by atoms with E-state index >= 15 is 0 Å². The number of ether oxygens (including phenoxy) is 1. The van der Waals surface area contributed by atoms with Crippen molar-refractivity contribution in [1.29, 1.82) is 5.41 Å². The molecular formula is C19H23BrN4O2S. The third-order valence-electron chi connectivity index (χ3n) is 4.96. The summed E-state index contributed by atoms with van der Waals surface area (Å²) in [5.74, 6) is 0.0557. The molecule has 6 nitrogen and oxygen atoms in total. The van der Waals surface area contributed by atoms with Crippen LogP contribution in [0.1, 0.15) is 9.67 Å². The number of morpholine rings is 1. The highest BCUT2D eigenvalue weighted by molar-refractivity contribution is 7.12. The van der Waals surface area contributed by atoms with Gasteiger partial charge in [0.05, 0.1) is 48.8 Å². The van der Waals surface area contributed by atoms with Crippen molar-refractivity contribution in [3.8, 4) is 0 Å². The normalized spacial score (nSPS) is 15.0. The van der Waals surface area contributed by atoms with Gasteiger partial charge in [-0.05, 0) is 23.6 Å². The number of para-hydroxylation sites is 2. The second kappa shape index (κ2) is 8.97. The summed E-state index contributed by atoms with van der Waals surface area (Å²) in [4.78, 5) is 14.8. The summed E-state index contributed by atoms with van der Waals surface area (Å²) in [6.45, 7) is 5.60. The fraction of sp³-hybridized carbons (Fsp3) is 0.368. The Morgan fingerprint density at radius 2 is 1.81 bits per heavy atom. The quantitative estimate of drug-likeness (QED) is 0.418. The molecule has 8 heteroatoms. The zero-order valence-corrected chi connectivity index (χ0v) is 17.4. The number of nitrogens with one attached hydrogen (secondary N) is 2. The van der Waals surface area contributed by atoms with Crippen LogP contribution in [0.2, 0.25) is 0 Å². The van der Waals surface area contributed by atoms with E-state index in [0.717, 1.165) is 55.3 Å². The van der Waals surface area contributed by atoms with Gasteiger partial charge in [-0.15, -0.1) is 11.3 Å². The maximum atomic E-state index is 12.6. The molecule has 0 unspecified atom stereocenters. The molecule has 2 N–H and O–H groups in total. The van der Waals surface area contributed by atoms with Crippen LogP contribution >= 0.6 is 11.3 Å². The zero-order chi connectivity index (χ0) is 17.9. The molecule has 2 aromatic heterocycles. The van der Waals surface area contributed by atoms with Crippen molar-refractivity contribution in [3.05, 3.63) is 52.3 Å². The van der Waals surface area contributed by atoms with Crippen molar-refractivity contribution in [2.24, 2.45) is 0 Å². The van der Waals surface area contributed by atoms with Gasteiger partial charge in [-0.1, -0.05) is 18.2 Å². The number of Topliss-reactive ketones (excluding diaryl/α,β-unsaturated/α-hetero) is 1. The zero-order valence-electron chi connectivity index (χ0n) is 15.0. The lowest BCUT2D eigenvalue weighted by atomic mass is 10.3. The first-order valence-corrected chi connectivity index (χ1v) is 9.82. The van der Waals surface area contributed by atoms with Crippen molar-refractivity contribution < 1.29 is 31.4 Å². The van der Waals surface area contributed by atoms with Crippen molar-refractivity contribution >= 4 is 28.2 Å². The molecule has 0 amide bonds. The maximum absolute atomic E-state index is 12.6. The predicted molar refractivity (Wildman–Crippen MR) is 101 cm³/mol. The third kappa shape index (κ3) is 4.24. The van der Waals surface area contributed by atoms with Crippen LogP contribution in [0.5, 0.6) is 0 Å². The number of benzene rings is 1. The van der Waals surface area contributed by atoms with Gasteiger partial charge in [0, 0.05) is 0 Å². The van der Waals surface area contributed by atoms with E-state index in [4.69, 9.17) is 10.1 Å². The van der Waals surface area contributed by atoms with Crippen LogP contribution in [0.4, 0.5) is 0 Å². The summed E-state index contributed by atoms with van der Waals surface area (Å²) in [5.41, 5.74) is 2.35. The van der Waals surface area contributed by atoms with Gasteiger partial charge in [-0.25, -0.2) is 0 Å². The molecule has 0 radical (unpaired) electrons. The van der Waals surface area contributed by atoms with Crippen LogP contribution in [0, 0.1) is 5.41 Å². The van der Waals surface area contributed by atoms with E-state index in [0.29, 0.717) is 5.62 Å². The topological polar surface area (TPSA) is 64.5 Å². The number of halogens is 1. The van der Waals surface area contributed by atoms with Crippen LogP contribution in [0.25, 0.3) is 11.0 Å². The van der Waals surface area contributed by atoms with Gasteiger partial charge in [0.1, 0.15) is 13.1 Å². The van der Waals surface area contributed by atoms with E-state index in [9.17, 15) is 4.79 Å². The Bertz CT molecular complexity index is 958. The van der Waals surface area contributed by atoms with E-state index in [-0.39, 0.29) is 29.3 Å². The minimum atomic E-state index is 0. The molecule has 0 bridgehead atoms. The summed E-state index contributed by atoms with van der Waals surface area (Å²) in [5, 5.41) is 10.6. The molecule has 144 valence electrons. The Morgan fingerprint density at radius 1 is 1.11 bits per heavy atom. The molecular weight excluding hydrogens is 428 g/mol. The van der Waals surface area contributed by atoms with Gasteiger partial charge in [-0.2, -0.15) is 0 Å². The number of rotatable bonds is 6. The number of fused-ring (bicyclic) bond motifs is 1. The number of quaternary nitrogens is 1. The molecule has 1 saturated heterocycles. The highest BCUT2D eigenvalue weighted by Gasteiger charge is 2.18. The summed E-state index contributed by atoms with van der Waals surface area (Å²) >= 11 is 1.45. The van der Waals surface area contributed by atoms with Gasteiger partial charge in [0.2, 0.25) is 5.62 Å². The Labute approximate surface area is 172 Å². The third-order valence-corrected chi connectivity index (χ3v) is 5.87. The van der Waals surface area contributed by atoms with E-state index in [1.54, 1.807) is 0 Å². The minimum absolute atomic E-state index is 0. The number of imidazole rings is 1. The van der Waals surface area contributed by atoms with Crippen molar-refractivity contribution in [1.82, 2.24) is 9.13 Å². The Morgan fingerprint density at radius 3 is 2.48 bits per heavy atom. The van der Waals surface area contributed by atoms with E-state index in [2.05, 4.69) is 0 Å². The number of hydrogen-bond acceptors (Lipinski definition) is 4. The lowest BCUT2D eigenvalue weighted by molar-refractivity contribution is -0.908. The van der Waals surface area contributed by atoms with Crippen LogP contribution in [-0.2, 0) is 17.8 Å². The highest BCUT2D eigenvalue weighted by Crippen LogP contribution is 2.15. The Balaban J connectivity index is 0.00000210. The SMILES string of the molecule is N=c1n(CC[NH+]2CCOCC2)c2ccccc2n1CC(=O)c1cccs1.[Br-]. The second-order valence-electron chi connectivity index (χ2n) is 6.56. The smallest absolute Gasteiger partial charge is 0.203 e. The molecule has 1 aromatic carbocycles. The van der Waals surface area contributed by atoms with Crippen LogP contribution in [-0.4, -0.2) is 47.8 Å². The van der Waals surface area contributed by atoms with E-state index in [1.165, 1.54) is 16.2 Å². The monoisotopic (exact) mass is 450 g/mol. The van der Waals surface area contributed by atoms with Gasteiger partial charge in [0.15, 0.2) is 5.78 Å². The van der Waals surface area contributed by atoms with Crippen LogP contribution in [0.15, 0.2) is 41.8 Å².